The van der Waals surface area contributed by atoms with Gasteiger partial charge in [-0.05, 0) is 47.5 Å². The molecule has 0 saturated heterocycles. The minimum atomic E-state index is -0.982. The fourth-order valence-corrected chi connectivity index (χ4v) is 2.03. The molecule has 2 aromatic carbocycles. The molecular formula is C18H13BrO3. The molecule has 0 unspecified atom stereocenters. The van der Waals surface area contributed by atoms with Crippen LogP contribution in [0.5, 0.6) is 0 Å². The van der Waals surface area contributed by atoms with Gasteiger partial charge in [0, 0.05) is 16.1 Å². The molecule has 0 aliphatic carbocycles. The maximum Gasteiger partial charge on any atom is 0.328 e. The van der Waals surface area contributed by atoms with Gasteiger partial charge in [0.25, 0.3) is 0 Å². The smallest absolute Gasteiger partial charge is 0.328 e. The molecule has 2 aromatic rings. The van der Waals surface area contributed by atoms with E-state index in [9.17, 15) is 9.59 Å². The van der Waals surface area contributed by atoms with Crippen LogP contribution < -0.4 is 0 Å². The van der Waals surface area contributed by atoms with Gasteiger partial charge in [-0.15, -0.1) is 0 Å². The number of carbonyl (C=O) groups excluding carboxylic acids is 1. The number of carboxylic acid groups (broad SMARTS) is 1. The molecule has 2 rings (SSSR count). The molecule has 0 bridgehead atoms. The van der Waals surface area contributed by atoms with Gasteiger partial charge in [0.1, 0.15) is 0 Å². The molecule has 0 saturated carbocycles. The lowest BCUT2D eigenvalue weighted by Gasteiger charge is -1.97. The Kier molecular flexibility index (Phi) is 5.44. The summed E-state index contributed by atoms with van der Waals surface area (Å²) in [5, 5.41) is 8.56. The quantitative estimate of drug-likeness (QED) is 0.636. The molecule has 110 valence electrons. The predicted molar refractivity (Wildman–Crippen MR) is 90.6 cm³/mol. The van der Waals surface area contributed by atoms with Crippen molar-refractivity contribution in [2.75, 3.05) is 0 Å². The molecule has 0 atom stereocenters. The van der Waals surface area contributed by atoms with E-state index in [1.165, 1.54) is 12.2 Å². The number of carboxylic acids is 1. The molecular weight excluding hydrogens is 344 g/mol. The fraction of sp³-hybridized carbons (Fsp3) is 0. The van der Waals surface area contributed by atoms with Crippen LogP contribution in [0, 0.1) is 0 Å². The lowest BCUT2D eigenvalue weighted by molar-refractivity contribution is -0.131. The first-order chi connectivity index (χ1) is 10.5. The zero-order valence-electron chi connectivity index (χ0n) is 11.6. The topological polar surface area (TPSA) is 54.4 Å². The molecule has 0 heterocycles. The van der Waals surface area contributed by atoms with Gasteiger partial charge in [-0.1, -0.05) is 46.3 Å². The van der Waals surface area contributed by atoms with Crippen LogP contribution in [0.4, 0.5) is 0 Å². The highest BCUT2D eigenvalue weighted by atomic mass is 79.9. The first-order valence-electron chi connectivity index (χ1n) is 6.53. The van der Waals surface area contributed by atoms with E-state index in [0.29, 0.717) is 5.56 Å². The van der Waals surface area contributed by atoms with Gasteiger partial charge in [0.2, 0.25) is 0 Å². The highest BCUT2D eigenvalue weighted by Gasteiger charge is 2.00. The normalized spacial score (nSPS) is 11.1. The zero-order valence-corrected chi connectivity index (χ0v) is 13.2. The Labute approximate surface area is 136 Å². The predicted octanol–water partition coefficient (Wildman–Crippen LogP) is 4.44. The summed E-state index contributed by atoms with van der Waals surface area (Å²) in [4.78, 5) is 22.4. The Bertz CT molecular complexity index is 726. The van der Waals surface area contributed by atoms with Gasteiger partial charge in [-0.25, -0.2) is 4.79 Å². The van der Waals surface area contributed by atoms with E-state index < -0.39 is 5.97 Å². The van der Waals surface area contributed by atoms with Crippen LogP contribution in [0.2, 0.25) is 0 Å². The van der Waals surface area contributed by atoms with E-state index in [1.54, 1.807) is 30.3 Å². The van der Waals surface area contributed by atoms with E-state index in [4.69, 9.17) is 5.11 Å². The van der Waals surface area contributed by atoms with Crippen molar-refractivity contribution >= 4 is 39.8 Å². The molecule has 0 spiro atoms. The van der Waals surface area contributed by atoms with Crippen molar-refractivity contribution in [1.82, 2.24) is 0 Å². The number of hydrogen-bond acceptors (Lipinski definition) is 2. The van der Waals surface area contributed by atoms with Crippen LogP contribution >= 0.6 is 15.9 Å². The first-order valence-corrected chi connectivity index (χ1v) is 7.33. The number of allylic oxidation sites excluding steroid dienone is 1. The average Bonchev–Trinajstić information content (AvgIpc) is 2.52. The monoisotopic (exact) mass is 356 g/mol. The Morgan fingerprint density at radius 3 is 1.82 bits per heavy atom. The second-order valence-electron chi connectivity index (χ2n) is 4.54. The highest BCUT2D eigenvalue weighted by molar-refractivity contribution is 9.10. The second-order valence-corrected chi connectivity index (χ2v) is 5.46. The van der Waals surface area contributed by atoms with Crippen molar-refractivity contribution in [3.63, 3.8) is 0 Å². The van der Waals surface area contributed by atoms with Crippen molar-refractivity contribution in [1.29, 1.82) is 0 Å². The van der Waals surface area contributed by atoms with Gasteiger partial charge in [-0.3, -0.25) is 4.79 Å². The van der Waals surface area contributed by atoms with Crippen LogP contribution in [0.25, 0.3) is 12.2 Å². The Morgan fingerprint density at radius 2 is 1.32 bits per heavy atom. The molecule has 4 heteroatoms. The number of aliphatic carboxylic acids is 1. The number of halogens is 1. The molecule has 3 nitrogen and oxygen atoms in total. The fourth-order valence-electron chi connectivity index (χ4n) is 1.77. The number of carbonyl (C=O) groups is 2. The largest absolute Gasteiger partial charge is 0.478 e. The van der Waals surface area contributed by atoms with Crippen LogP contribution in [0.3, 0.4) is 0 Å². The molecule has 0 aliphatic rings. The van der Waals surface area contributed by atoms with Gasteiger partial charge in [0.05, 0.1) is 0 Å². The van der Waals surface area contributed by atoms with E-state index >= 15 is 0 Å². The lowest BCUT2D eigenvalue weighted by atomic mass is 10.1. The van der Waals surface area contributed by atoms with Crippen molar-refractivity contribution in [3.05, 3.63) is 81.8 Å². The van der Waals surface area contributed by atoms with Crippen molar-refractivity contribution in [2.24, 2.45) is 0 Å². The third-order valence-corrected chi connectivity index (χ3v) is 3.44. The second kappa shape index (κ2) is 7.52. The summed E-state index contributed by atoms with van der Waals surface area (Å²) in [6, 6.07) is 14.4. The minimum absolute atomic E-state index is 0.0673. The SMILES string of the molecule is O=C(O)/C=C/c1ccc(/C=C/C(=O)c2ccc(Br)cc2)cc1. The standard InChI is InChI=1S/C18H13BrO3/c19-16-9-7-15(8-10-16)17(20)11-5-13-1-3-14(4-2-13)6-12-18(21)22/h1-12H,(H,21,22)/b11-5+,12-6+. The van der Waals surface area contributed by atoms with E-state index in [0.717, 1.165) is 21.7 Å². The zero-order chi connectivity index (χ0) is 15.9. The third kappa shape index (κ3) is 4.82. The molecule has 0 amide bonds. The van der Waals surface area contributed by atoms with E-state index in [-0.39, 0.29) is 5.78 Å². The Hall–Kier alpha value is -2.46. The van der Waals surface area contributed by atoms with E-state index in [1.807, 2.05) is 24.3 Å². The summed E-state index contributed by atoms with van der Waals surface area (Å²) in [6.07, 6.45) is 5.85. The highest BCUT2D eigenvalue weighted by Crippen LogP contribution is 2.12. The summed E-state index contributed by atoms with van der Waals surface area (Å²) in [6.45, 7) is 0. The van der Waals surface area contributed by atoms with Crippen molar-refractivity contribution < 1.29 is 14.7 Å². The molecule has 0 aliphatic heterocycles. The Morgan fingerprint density at radius 1 is 0.818 bits per heavy atom. The third-order valence-electron chi connectivity index (χ3n) is 2.91. The van der Waals surface area contributed by atoms with Crippen LogP contribution in [0.15, 0.2) is 65.2 Å². The molecule has 0 aromatic heterocycles. The van der Waals surface area contributed by atoms with Crippen LogP contribution in [-0.2, 0) is 4.79 Å². The molecule has 0 radical (unpaired) electrons. The number of ketones is 1. The van der Waals surface area contributed by atoms with Crippen molar-refractivity contribution in [3.8, 4) is 0 Å². The molecule has 22 heavy (non-hydrogen) atoms. The average molecular weight is 357 g/mol. The van der Waals surface area contributed by atoms with Gasteiger partial charge in [0.15, 0.2) is 5.78 Å². The number of rotatable bonds is 5. The van der Waals surface area contributed by atoms with Crippen LogP contribution in [0.1, 0.15) is 21.5 Å². The lowest BCUT2D eigenvalue weighted by Crippen LogP contribution is -1.93. The Balaban J connectivity index is 2.05. The van der Waals surface area contributed by atoms with Gasteiger partial charge < -0.3 is 5.11 Å². The minimum Gasteiger partial charge on any atom is -0.478 e. The summed E-state index contributed by atoms with van der Waals surface area (Å²) in [5.41, 5.74) is 2.29. The van der Waals surface area contributed by atoms with Crippen molar-refractivity contribution in [2.45, 2.75) is 0 Å². The first kappa shape index (κ1) is 15.9. The van der Waals surface area contributed by atoms with Gasteiger partial charge in [-0.2, -0.15) is 0 Å². The maximum atomic E-state index is 12.0. The summed E-state index contributed by atoms with van der Waals surface area (Å²) in [5.74, 6) is -1.05. The summed E-state index contributed by atoms with van der Waals surface area (Å²) >= 11 is 3.33. The maximum absolute atomic E-state index is 12.0. The summed E-state index contributed by atoms with van der Waals surface area (Å²) < 4.78 is 0.929. The molecule has 1 N–H and O–H groups in total. The van der Waals surface area contributed by atoms with Gasteiger partial charge >= 0.3 is 5.97 Å². The van der Waals surface area contributed by atoms with E-state index in [2.05, 4.69) is 15.9 Å². The van der Waals surface area contributed by atoms with Crippen LogP contribution in [-0.4, -0.2) is 16.9 Å². The molecule has 0 fully saturated rings. The number of benzene rings is 2. The number of hydrogen-bond donors (Lipinski definition) is 1. The summed E-state index contributed by atoms with van der Waals surface area (Å²) in [7, 11) is 0.